The Labute approximate surface area is 147 Å². The van der Waals surface area contributed by atoms with Crippen LogP contribution in [-0.4, -0.2) is 54.8 Å². The lowest BCUT2D eigenvalue weighted by Gasteiger charge is -2.24. The van der Waals surface area contributed by atoms with E-state index in [1.165, 1.54) is 5.01 Å². The smallest absolute Gasteiger partial charge is 0.302 e. The Morgan fingerprint density at radius 2 is 2.21 bits per heavy atom. The van der Waals surface area contributed by atoms with Crippen molar-refractivity contribution < 1.29 is 4.79 Å². The molecule has 1 aromatic carbocycles. The number of hydrazone groups is 1. The number of halogens is 1. The number of amides is 2. The van der Waals surface area contributed by atoms with E-state index in [9.17, 15) is 4.79 Å². The van der Waals surface area contributed by atoms with Gasteiger partial charge in [-0.3, -0.25) is 5.32 Å². The minimum Gasteiger partial charge on any atom is -0.302 e. The van der Waals surface area contributed by atoms with Crippen LogP contribution in [0.4, 0.5) is 4.79 Å². The molecule has 7 heteroatoms. The van der Waals surface area contributed by atoms with Gasteiger partial charge < -0.3 is 4.90 Å². The van der Waals surface area contributed by atoms with E-state index in [4.69, 9.17) is 11.6 Å². The van der Waals surface area contributed by atoms with Gasteiger partial charge in [0.15, 0.2) is 0 Å². The largest absolute Gasteiger partial charge is 0.345 e. The molecule has 0 fully saturated rings. The third kappa shape index (κ3) is 4.91. The third-order valence-corrected chi connectivity index (χ3v) is 3.65. The number of nitrogens with zero attached hydrogens (tertiary/aromatic N) is 4. The molecule has 0 unspecified atom stereocenters. The van der Waals surface area contributed by atoms with Crippen LogP contribution in [0.15, 0.2) is 46.5 Å². The van der Waals surface area contributed by atoms with Gasteiger partial charge in [0, 0.05) is 17.0 Å². The van der Waals surface area contributed by atoms with Crippen molar-refractivity contribution in [3.05, 3.63) is 47.0 Å². The van der Waals surface area contributed by atoms with Crippen LogP contribution < -0.4 is 5.32 Å². The molecule has 0 bridgehead atoms. The van der Waals surface area contributed by atoms with Gasteiger partial charge in [0.1, 0.15) is 12.5 Å². The molecule has 0 spiro atoms. The number of rotatable bonds is 6. The fourth-order valence-electron chi connectivity index (χ4n) is 2.19. The normalized spacial score (nSPS) is 15.9. The summed E-state index contributed by atoms with van der Waals surface area (Å²) in [4.78, 5) is 18.6. The molecule has 2 rings (SSSR count). The lowest BCUT2D eigenvalue weighted by atomic mass is 10.1. The molecule has 2 amide bonds. The number of aliphatic imine (C=N–C) groups is 1. The Morgan fingerprint density at radius 1 is 1.46 bits per heavy atom. The molecule has 0 aromatic heterocycles. The molecule has 0 radical (unpaired) electrons. The number of hydrogen-bond acceptors (Lipinski definition) is 4. The van der Waals surface area contributed by atoms with Crippen molar-refractivity contribution in [1.82, 2.24) is 15.2 Å². The van der Waals surface area contributed by atoms with Crippen LogP contribution in [0.1, 0.15) is 18.9 Å². The second-order valence-electron chi connectivity index (χ2n) is 5.61. The molecule has 1 heterocycles. The van der Waals surface area contributed by atoms with E-state index in [1.54, 1.807) is 0 Å². The van der Waals surface area contributed by atoms with Gasteiger partial charge in [-0.25, -0.2) is 9.79 Å². The highest BCUT2D eigenvalue weighted by molar-refractivity contribution is 6.34. The standard InChI is InChI=1S/C17H22ClN5O/c1-4-5-10-15(13-8-6-7-9-14(13)18)21-23-12-19-16(11-22(2)3)20-17(23)24/h4-9H,10-12H2,1-3H3,(H,19,20,24)/b5-4+,21-15+. The van der Waals surface area contributed by atoms with Crippen molar-refractivity contribution in [3.8, 4) is 0 Å². The number of nitrogens with one attached hydrogen (secondary N) is 1. The molecule has 0 atom stereocenters. The molecule has 0 saturated carbocycles. The highest BCUT2D eigenvalue weighted by Gasteiger charge is 2.21. The van der Waals surface area contributed by atoms with Crippen molar-refractivity contribution >= 4 is 29.2 Å². The van der Waals surface area contributed by atoms with Gasteiger partial charge >= 0.3 is 6.03 Å². The molecule has 1 aromatic rings. The highest BCUT2D eigenvalue weighted by Crippen LogP contribution is 2.18. The Hall–Kier alpha value is -2.18. The number of hydrogen-bond donors (Lipinski definition) is 1. The average Bonchev–Trinajstić information content (AvgIpc) is 2.53. The van der Waals surface area contributed by atoms with Crippen molar-refractivity contribution in [2.45, 2.75) is 13.3 Å². The molecule has 24 heavy (non-hydrogen) atoms. The minimum absolute atomic E-state index is 0.193. The zero-order valence-electron chi connectivity index (χ0n) is 14.2. The van der Waals surface area contributed by atoms with E-state index in [1.807, 2.05) is 62.3 Å². The maximum Gasteiger partial charge on any atom is 0.345 e. The lowest BCUT2D eigenvalue weighted by Crippen LogP contribution is -2.48. The number of carbonyl (C=O) groups is 1. The first-order valence-electron chi connectivity index (χ1n) is 7.71. The van der Waals surface area contributed by atoms with Crippen molar-refractivity contribution in [2.24, 2.45) is 10.1 Å². The summed E-state index contributed by atoms with van der Waals surface area (Å²) in [6, 6.07) is 7.19. The van der Waals surface area contributed by atoms with Crippen LogP contribution in [-0.2, 0) is 0 Å². The Kier molecular flexibility index (Phi) is 6.52. The van der Waals surface area contributed by atoms with Crippen LogP contribution in [0, 0.1) is 0 Å². The Balaban J connectivity index is 2.25. The lowest BCUT2D eigenvalue weighted by molar-refractivity contribution is 0.203. The molecule has 1 N–H and O–H groups in total. The van der Waals surface area contributed by atoms with Gasteiger partial charge in [0.2, 0.25) is 0 Å². The number of benzene rings is 1. The molecular formula is C17H22ClN5O. The van der Waals surface area contributed by atoms with Crippen LogP contribution in [0.2, 0.25) is 5.02 Å². The topological polar surface area (TPSA) is 60.3 Å². The number of likely N-dealkylation sites (N-methyl/N-ethyl adjacent to an activating group) is 1. The Bertz CT molecular complexity index is 681. The number of urea groups is 1. The molecule has 0 saturated heterocycles. The zero-order valence-corrected chi connectivity index (χ0v) is 14.9. The van der Waals surface area contributed by atoms with E-state index in [2.05, 4.69) is 15.4 Å². The maximum absolute atomic E-state index is 12.3. The van der Waals surface area contributed by atoms with Crippen LogP contribution in [0.25, 0.3) is 0 Å². The van der Waals surface area contributed by atoms with Gasteiger partial charge in [-0.2, -0.15) is 10.1 Å². The molecule has 0 aliphatic carbocycles. The SMILES string of the molecule is C/C=C/C/C(=N\N1CN=C(CN(C)C)NC1=O)c1ccccc1Cl. The third-order valence-electron chi connectivity index (χ3n) is 3.32. The van der Waals surface area contributed by atoms with E-state index in [0.717, 1.165) is 11.3 Å². The molecule has 1 aliphatic rings. The van der Waals surface area contributed by atoms with Gasteiger partial charge in [0.05, 0.1) is 12.3 Å². The van der Waals surface area contributed by atoms with Crippen molar-refractivity contribution in [2.75, 3.05) is 27.3 Å². The first-order chi connectivity index (χ1) is 11.5. The zero-order chi connectivity index (χ0) is 17.5. The predicted octanol–water partition coefficient (Wildman–Crippen LogP) is 2.95. The summed E-state index contributed by atoms with van der Waals surface area (Å²) in [5.41, 5.74) is 1.54. The summed E-state index contributed by atoms with van der Waals surface area (Å²) >= 11 is 6.28. The summed E-state index contributed by atoms with van der Waals surface area (Å²) in [7, 11) is 3.84. The number of amidine groups is 1. The fraction of sp³-hybridized carbons (Fsp3) is 0.353. The summed E-state index contributed by atoms with van der Waals surface area (Å²) in [6.07, 6.45) is 4.50. The minimum atomic E-state index is -0.285. The van der Waals surface area contributed by atoms with Gasteiger partial charge in [-0.15, -0.1) is 0 Å². The Morgan fingerprint density at radius 3 is 2.83 bits per heavy atom. The van der Waals surface area contributed by atoms with Crippen LogP contribution in [0.3, 0.4) is 0 Å². The van der Waals surface area contributed by atoms with E-state index < -0.39 is 0 Å². The van der Waals surface area contributed by atoms with E-state index in [-0.39, 0.29) is 12.7 Å². The maximum atomic E-state index is 12.3. The summed E-state index contributed by atoms with van der Waals surface area (Å²) in [5, 5.41) is 9.17. The molecule has 6 nitrogen and oxygen atoms in total. The second kappa shape index (κ2) is 8.61. The van der Waals surface area contributed by atoms with Crippen LogP contribution in [0.5, 0.6) is 0 Å². The first kappa shape index (κ1) is 18.2. The molecular weight excluding hydrogens is 326 g/mol. The first-order valence-corrected chi connectivity index (χ1v) is 8.09. The van der Waals surface area contributed by atoms with Crippen LogP contribution >= 0.6 is 11.6 Å². The molecule has 1 aliphatic heterocycles. The van der Waals surface area contributed by atoms with Gasteiger partial charge in [0.25, 0.3) is 0 Å². The monoisotopic (exact) mass is 347 g/mol. The summed E-state index contributed by atoms with van der Waals surface area (Å²) in [6.45, 7) is 2.72. The second-order valence-corrected chi connectivity index (χ2v) is 6.02. The van der Waals surface area contributed by atoms with Gasteiger partial charge in [-0.05, 0) is 27.1 Å². The van der Waals surface area contributed by atoms with E-state index in [0.29, 0.717) is 23.8 Å². The number of allylic oxidation sites excluding steroid dienone is 2. The van der Waals surface area contributed by atoms with Gasteiger partial charge in [-0.1, -0.05) is 42.0 Å². The summed E-state index contributed by atoms with van der Waals surface area (Å²) < 4.78 is 0. The molecule has 128 valence electrons. The summed E-state index contributed by atoms with van der Waals surface area (Å²) in [5.74, 6) is 0.643. The predicted molar refractivity (Wildman–Crippen MR) is 98.6 cm³/mol. The average molecular weight is 348 g/mol. The van der Waals surface area contributed by atoms with Crippen molar-refractivity contribution in [3.63, 3.8) is 0 Å². The highest BCUT2D eigenvalue weighted by atomic mass is 35.5. The quantitative estimate of drug-likeness (QED) is 0.635. The van der Waals surface area contributed by atoms with E-state index >= 15 is 0 Å². The number of carbonyl (C=O) groups excluding carboxylic acids is 1. The fourth-order valence-corrected chi connectivity index (χ4v) is 2.43. The van der Waals surface area contributed by atoms with Crippen molar-refractivity contribution in [1.29, 1.82) is 0 Å².